The molecule has 1 heterocycles. The minimum absolute atomic E-state index is 0.844. The minimum atomic E-state index is 0.844. The summed E-state index contributed by atoms with van der Waals surface area (Å²) in [5, 5.41) is 0. The molecule has 0 aromatic heterocycles. The molecular formula is C16H25NO. The summed E-state index contributed by atoms with van der Waals surface area (Å²) in [6.45, 7) is 8.93. The summed E-state index contributed by atoms with van der Waals surface area (Å²) in [5.41, 5.74) is 2.56. The number of hydrogen-bond acceptors (Lipinski definition) is 2. The van der Waals surface area contributed by atoms with Gasteiger partial charge in [0.15, 0.2) is 0 Å². The lowest BCUT2D eigenvalue weighted by Gasteiger charge is -2.14. The quantitative estimate of drug-likeness (QED) is 0.713. The fourth-order valence-electron chi connectivity index (χ4n) is 2.65. The van der Waals surface area contributed by atoms with Crippen LogP contribution in [0.2, 0.25) is 0 Å². The Hall–Kier alpha value is -1.02. The van der Waals surface area contributed by atoms with Gasteiger partial charge in [0.05, 0.1) is 6.61 Å². The zero-order valence-electron chi connectivity index (χ0n) is 11.7. The van der Waals surface area contributed by atoms with Gasteiger partial charge in [-0.25, -0.2) is 0 Å². The lowest BCUT2D eigenvalue weighted by molar-refractivity contribution is 0.279. The summed E-state index contributed by atoms with van der Waals surface area (Å²) >= 11 is 0. The van der Waals surface area contributed by atoms with Crippen molar-refractivity contribution in [1.82, 2.24) is 4.90 Å². The highest BCUT2D eigenvalue weighted by molar-refractivity contribution is 5.32. The van der Waals surface area contributed by atoms with E-state index in [9.17, 15) is 0 Å². The maximum Gasteiger partial charge on any atom is 0.119 e. The highest BCUT2D eigenvalue weighted by atomic mass is 16.5. The molecule has 0 atom stereocenters. The van der Waals surface area contributed by atoms with E-state index in [1.165, 1.54) is 50.0 Å². The van der Waals surface area contributed by atoms with Gasteiger partial charge in [0.25, 0.3) is 0 Å². The summed E-state index contributed by atoms with van der Waals surface area (Å²) < 4.78 is 5.81. The van der Waals surface area contributed by atoms with Crippen LogP contribution in [-0.4, -0.2) is 31.1 Å². The fourth-order valence-corrected chi connectivity index (χ4v) is 2.65. The summed E-state index contributed by atoms with van der Waals surface area (Å²) in [5.74, 6) is 1.02. The van der Waals surface area contributed by atoms with Crippen molar-refractivity contribution in [3.8, 4) is 5.75 Å². The zero-order valence-corrected chi connectivity index (χ0v) is 11.7. The van der Waals surface area contributed by atoms with Crippen molar-refractivity contribution in [3.05, 3.63) is 29.3 Å². The second-order valence-corrected chi connectivity index (χ2v) is 5.43. The van der Waals surface area contributed by atoms with Crippen LogP contribution in [0.4, 0.5) is 0 Å². The Morgan fingerprint density at radius 1 is 1.00 bits per heavy atom. The van der Waals surface area contributed by atoms with E-state index in [-0.39, 0.29) is 0 Å². The highest BCUT2D eigenvalue weighted by Crippen LogP contribution is 2.16. The van der Waals surface area contributed by atoms with E-state index in [2.05, 4.69) is 36.9 Å². The molecule has 1 aromatic carbocycles. The topological polar surface area (TPSA) is 12.5 Å². The second-order valence-electron chi connectivity index (χ2n) is 5.43. The van der Waals surface area contributed by atoms with E-state index >= 15 is 0 Å². The standard InChI is InChI=1S/C16H25NO/c1-14-11-15(2)13-16(12-14)18-10-6-5-9-17-7-3-4-8-17/h11-13H,3-10H2,1-2H3. The van der Waals surface area contributed by atoms with Gasteiger partial charge in [-0.2, -0.15) is 0 Å². The van der Waals surface area contributed by atoms with Crippen molar-refractivity contribution in [2.75, 3.05) is 26.2 Å². The molecular weight excluding hydrogens is 222 g/mol. The zero-order chi connectivity index (χ0) is 12.8. The van der Waals surface area contributed by atoms with E-state index in [0.717, 1.165) is 18.8 Å². The smallest absolute Gasteiger partial charge is 0.119 e. The van der Waals surface area contributed by atoms with Crippen LogP contribution in [0.15, 0.2) is 18.2 Å². The van der Waals surface area contributed by atoms with Crippen LogP contribution in [0, 0.1) is 13.8 Å². The summed E-state index contributed by atoms with van der Waals surface area (Å²) in [6, 6.07) is 6.42. The van der Waals surface area contributed by atoms with Crippen LogP contribution in [0.3, 0.4) is 0 Å². The maximum absolute atomic E-state index is 5.81. The molecule has 0 aliphatic carbocycles. The fraction of sp³-hybridized carbons (Fsp3) is 0.625. The molecule has 0 bridgehead atoms. The van der Waals surface area contributed by atoms with Gasteiger partial charge in [0, 0.05) is 0 Å². The monoisotopic (exact) mass is 247 g/mol. The van der Waals surface area contributed by atoms with Gasteiger partial charge in [-0.3, -0.25) is 0 Å². The number of likely N-dealkylation sites (tertiary alicyclic amines) is 1. The first-order valence-electron chi connectivity index (χ1n) is 7.17. The Bertz CT molecular complexity index is 349. The highest BCUT2D eigenvalue weighted by Gasteiger charge is 2.09. The predicted octanol–water partition coefficient (Wildman–Crippen LogP) is 3.56. The molecule has 0 radical (unpaired) electrons. The van der Waals surface area contributed by atoms with Gasteiger partial charge in [0.1, 0.15) is 5.75 Å². The molecule has 0 unspecified atom stereocenters. The average Bonchev–Trinajstić information content (AvgIpc) is 2.80. The molecule has 0 spiro atoms. The molecule has 2 nitrogen and oxygen atoms in total. The van der Waals surface area contributed by atoms with Crippen molar-refractivity contribution < 1.29 is 4.74 Å². The van der Waals surface area contributed by atoms with Gasteiger partial charge in [0.2, 0.25) is 0 Å². The molecule has 1 aromatic rings. The second kappa shape index (κ2) is 6.79. The van der Waals surface area contributed by atoms with Crippen LogP contribution in [0.5, 0.6) is 5.75 Å². The first-order valence-corrected chi connectivity index (χ1v) is 7.17. The number of aryl methyl sites for hydroxylation is 2. The third-order valence-corrected chi connectivity index (χ3v) is 3.53. The van der Waals surface area contributed by atoms with Crippen LogP contribution >= 0.6 is 0 Å². The Kier molecular flexibility index (Phi) is 5.06. The van der Waals surface area contributed by atoms with E-state index < -0.39 is 0 Å². The van der Waals surface area contributed by atoms with Gasteiger partial charge in [-0.1, -0.05) is 6.07 Å². The van der Waals surface area contributed by atoms with Crippen molar-refractivity contribution in [2.45, 2.75) is 39.5 Å². The lowest BCUT2D eigenvalue weighted by atomic mass is 10.1. The summed E-state index contributed by atoms with van der Waals surface area (Å²) in [4.78, 5) is 2.57. The van der Waals surface area contributed by atoms with Crippen molar-refractivity contribution in [1.29, 1.82) is 0 Å². The Balaban J connectivity index is 1.62. The van der Waals surface area contributed by atoms with Gasteiger partial charge in [-0.05, 0) is 82.4 Å². The molecule has 2 heteroatoms. The molecule has 0 amide bonds. The first kappa shape index (κ1) is 13.4. The molecule has 0 saturated carbocycles. The first-order chi connectivity index (χ1) is 8.74. The summed E-state index contributed by atoms with van der Waals surface area (Å²) in [7, 11) is 0. The maximum atomic E-state index is 5.81. The molecule has 1 aliphatic heterocycles. The van der Waals surface area contributed by atoms with Crippen molar-refractivity contribution >= 4 is 0 Å². The van der Waals surface area contributed by atoms with Gasteiger partial charge in [-0.15, -0.1) is 0 Å². The van der Waals surface area contributed by atoms with Crippen LogP contribution in [-0.2, 0) is 0 Å². The molecule has 0 N–H and O–H groups in total. The SMILES string of the molecule is Cc1cc(C)cc(OCCCCN2CCCC2)c1. The Morgan fingerprint density at radius 3 is 2.33 bits per heavy atom. The predicted molar refractivity (Wildman–Crippen MR) is 76.3 cm³/mol. The third-order valence-electron chi connectivity index (χ3n) is 3.53. The molecule has 2 rings (SSSR count). The van der Waals surface area contributed by atoms with Crippen LogP contribution in [0.25, 0.3) is 0 Å². The number of rotatable bonds is 6. The van der Waals surface area contributed by atoms with Crippen LogP contribution < -0.4 is 4.74 Å². The third kappa shape index (κ3) is 4.34. The average molecular weight is 247 g/mol. The van der Waals surface area contributed by atoms with Gasteiger partial charge >= 0.3 is 0 Å². The number of ether oxygens (including phenoxy) is 1. The molecule has 1 fully saturated rings. The van der Waals surface area contributed by atoms with E-state index in [1.807, 2.05) is 0 Å². The minimum Gasteiger partial charge on any atom is -0.494 e. The number of unbranched alkanes of at least 4 members (excludes halogenated alkanes) is 1. The normalized spacial score (nSPS) is 16.1. The van der Waals surface area contributed by atoms with E-state index in [4.69, 9.17) is 4.74 Å². The summed E-state index contributed by atoms with van der Waals surface area (Å²) in [6.07, 6.45) is 5.19. The molecule has 100 valence electrons. The van der Waals surface area contributed by atoms with Crippen LogP contribution in [0.1, 0.15) is 36.8 Å². The molecule has 1 aliphatic rings. The number of hydrogen-bond donors (Lipinski definition) is 0. The van der Waals surface area contributed by atoms with E-state index in [0.29, 0.717) is 0 Å². The van der Waals surface area contributed by atoms with E-state index in [1.54, 1.807) is 0 Å². The Morgan fingerprint density at radius 2 is 1.67 bits per heavy atom. The van der Waals surface area contributed by atoms with Crippen molar-refractivity contribution in [3.63, 3.8) is 0 Å². The Labute approximate surface area is 111 Å². The van der Waals surface area contributed by atoms with Gasteiger partial charge < -0.3 is 9.64 Å². The molecule has 18 heavy (non-hydrogen) atoms. The van der Waals surface area contributed by atoms with Crippen molar-refractivity contribution in [2.24, 2.45) is 0 Å². The largest absolute Gasteiger partial charge is 0.494 e. The lowest BCUT2D eigenvalue weighted by Crippen LogP contribution is -2.20. The number of nitrogens with zero attached hydrogens (tertiary/aromatic N) is 1. The number of benzene rings is 1. The molecule has 1 saturated heterocycles.